The van der Waals surface area contributed by atoms with E-state index in [0.717, 1.165) is 18.9 Å². The van der Waals surface area contributed by atoms with Gasteiger partial charge in [-0.05, 0) is 25.2 Å². The molecule has 0 radical (unpaired) electrons. The molecule has 0 fully saturated rings. The Hall–Kier alpha value is -0.790. The summed E-state index contributed by atoms with van der Waals surface area (Å²) in [5.41, 5.74) is 1.25. The standard InChI is InChI=1S/C12H22N2/c1-4-5-8-14-9-12(13-10-14)7-6-11(2)3/h9-11H,4-8H2,1-3H3. The number of aromatic nitrogens is 2. The van der Waals surface area contributed by atoms with Crippen molar-refractivity contribution in [3.63, 3.8) is 0 Å². The third-order valence-corrected chi connectivity index (χ3v) is 2.43. The first-order valence-corrected chi connectivity index (χ1v) is 5.73. The molecule has 2 nitrogen and oxygen atoms in total. The molecule has 0 aliphatic heterocycles. The van der Waals surface area contributed by atoms with Crippen molar-refractivity contribution in [2.75, 3.05) is 0 Å². The molecule has 0 aromatic carbocycles. The molecule has 1 rings (SSSR count). The molecule has 0 N–H and O–H groups in total. The van der Waals surface area contributed by atoms with Gasteiger partial charge in [0.1, 0.15) is 0 Å². The Morgan fingerprint density at radius 1 is 1.43 bits per heavy atom. The number of rotatable bonds is 6. The molecule has 2 heteroatoms. The average molecular weight is 194 g/mol. The van der Waals surface area contributed by atoms with E-state index in [4.69, 9.17) is 0 Å². The smallest absolute Gasteiger partial charge is 0.0949 e. The Labute approximate surface area is 87.4 Å². The van der Waals surface area contributed by atoms with Crippen LogP contribution in [-0.2, 0) is 13.0 Å². The fourth-order valence-electron chi connectivity index (χ4n) is 1.44. The van der Waals surface area contributed by atoms with E-state index in [1.807, 2.05) is 6.33 Å². The first-order valence-electron chi connectivity index (χ1n) is 5.73. The number of hydrogen-bond donors (Lipinski definition) is 0. The Morgan fingerprint density at radius 2 is 2.21 bits per heavy atom. The van der Waals surface area contributed by atoms with Gasteiger partial charge in [0.15, 0.2) is 0 Å². The molecule has 0 unspecified atom stereocenters. The van der Waals surface area contributed by atoms with Crippen molar-refractivity contribution < 1.29 is 0 Å². The summed E-state index contributed by atoms with van der Waals surface area (Å²) in [5, 5.41) is 0. The Bertz CT molecular complexity index is 251. The van der Waals surface area contributed by atoms with Crippen molar-refractivity contribution in [2.45, 2.75) is 53.0 Å². The number of unbranched alkanes of at least 4 members (excludes halogenated alkanes) is 1. The Balaban J connectivity index is 2.35. The third kappa shape index (κ3) is 3.95. The van der Waals surface area contributed by atoms with E-state index in [1.165, 1.54) is 25.0 Å². The minimum Gasteiger partial charge on any atom is -0.337 e. The van der Waals surface area contributed by atoms with E-state index in [1.54, 1.807) is 0 Å². The normalized spacial score (nSPS) is 11.1. The second kappa shape index (κ2) is 5.84. The summed E-state index contributed by atoms with van der Waals surface area (Å²) < 4.78 is 2.21. The van der Waals surface area contributed by atoms with E-state index >= 15 is 0 Å². The van der Waals surface area contributed by atoms with Crippen molar-refractivity contribution >= 4 is 0 Å². The van der Waals surface area contributed by atoms with Gasteiger partial charge in [0.25, 0.3) is 0 Å². The number of imidazole rings is 1. The van der Waals surface area contributed by atoms with Crippen molar-refractivity contribution in [3.8, 4) is 0 Å². The van der Waals surface area contributed by atoms with Gasteiger partial charge in [-0.15, -0.1) is 0 Å². The summed E-state index contributed by atoms with van der Waals surface area (Å²) in [7, 11) is 0. The summed E-state index contributed by atoms with van der Waals surface area (Å²) in [6.45, 7) is 7.85. The van der Waals surface area contributed by atoms with Gasteiger partial charge in [-0.1, -0.05) is 27.2 Å². The van der Waals surface area contributed by atoms with Crippen molar-refractivity contribution in [3.05, 3.63) is 18.2 Å². The lowest BCUT2D eigenvalue weighted by Crippen LogP contribution is -1.94. The molecular formula is C12H22N2. The lowest BCUT2D eigenvalue weighted by molar-refractivity contribution is 0.581. The van der Waals surface area contributed by atoms with Crippen LogP contribution in [0, 0.1) is 5.92 Å². The maximum Gasteiger partial charge on any atom is 0.0949 e. The molecule has 0 aliphatic carbocycles. The molecule has 1 heterocycles. The molecule has 14 heavy (non-hydrogen) atoms. The molecule has 0 bridgehead atoms. The molecule has 0 amide bonds. The van der Waals surface area contributed by atoms with Crippen LogP contribution in [0.25, 0.3) is 0 Å². The molecule has 80 valence electrons. The monoisotopic (exact) mass is 194 g/mol. The second-order valence-corrected chi connectivity index (χ2v) is 4.39. The molecule has 0 atom stereocenters. The summed E-state index contributed by atoms with van der Waals surface area (Å²) in [6.07, 6.45) is 9.02. The number of nitrogens with zero attached hydrogens (tertiary/aromatic N) is 2. The van der Waals surface area contributed by atoms with Gasteiger partial charge < -0.3 is 4.57 Å². The molecule has 1 aromatic heterocycles. The van der Waals surface area contributed by atoms with Gasteiger partial charge in [-0.3, -0.25) is 0 Å². The zero-order chi connectivity index (χ0) is 10.4. The van der Waals surface area contributed by atoms with Crippen LogP contribution in [0.15, 0.2) is 12.5 Å². The van der Waals surface area contributed by atoms with Crippen LogP contribution in [0.2, 0.25) is 0 Å². The lowest BCUT2D eigenvalue weighted by Gasteiger charge is -2.01. The molecule has 0 saturated carbocycles. The minimum atomic E-state index is 0.774. The summed E-state index contributed by atoms with van der Waals surface area (Å²) >= 11 is 0. The largest absolute Gasteiger partial charge is 0.337 e. The van der Waals surface area contributed by atoms with E-state index in [9.17, 15) is 0 Å². The van der Waals surface area contributed by atoms with E-state index in [2.05, 4.69) is 36.5 Å². The average Bonchev–Trinajstić information content (AvgIpc) is 2.59. The maximum absolute atomic E-state index is 4.40. The third-order valence-electron chi connectivity index (χ3n) is 2.43. The fourth-order valence-corrected chi connectivity index (χ4v) is 1.44. The van der Waals surface area contributed by atoms with Crippen LogP contribution in [0.5, 0.6) is 0 Å². The zero-order valence-corrected chi connectivity index (χ0v) is 9.66. The first kappa shape index (κ1) is 11.3. The Morgan fingerprint density at radius 3 is 2.86 bits per heavy atom. The van der Waals surface area contributed by atoms with Crippen LogP contribution in [0.3, 0.4) is 0 Å². The second-order valence-electron chi connectivity index (χ2n) is 4.39. The van der Waals surface area contributed by atoms with E-state index < -0.39 is 0 Å². The minimum absolute atomic E-state index is 0.774. The van der Waals surface area contributed by atoms with Crippen molar-refractivity contribution in [1.29, 1.82) is 0 Å². The van der Waals surface area contributed by atoms with Crippen LogP contribution in [0.4, 0.5) is 0 Å². The highest BCUT2D eigenvalue weighted by Gasteiger charge is 2.00. The quantitative estimate of drug-likeness (QED) is 0.679. The predicted octanol–water partition coefficient (Wildman–Crippen LogP) is 3.27. The van der Waals surface area contributed by atoms with Crippen LogP contribution in [0.1, 0.15) is 45.7 Å². The van der Waals surface area contributed by atoms with Gasteiger partial charge in [0.05, 0.1) is 12.0 Å². The molecule has 0 aliphatic rings. The SMILES string of the molecule is CCCCn1cnc(CCC(C)C)c1. The lowest BCUT2D eigenvalue weighted by atomic mass is 10.1. The fraction of sp³-hybridized carbons (Fsp3) is 0.750. The molecular weight excluding hydrogens is 172 g/mol. The molecule has 0 saturated heterocycles. The summed E-state index contributed by atoms with van der Waals surface area (Å²) in [5.74, 6) is 0.774. The summed E-state index contributed by atoms with van der Waals surface area (Å²) in [4.78, 5) is 4.40. The number of hydrogen-bond acceptors (Lipinski definition) is 1. The van der Waals surface area contributed by atoms with Gasteiger partial charge in [-0.2, -0.15) is 0 Å². The number of aryl methyl sites for hydroxylation is 2. The first-order chi connectivity index (χ1) is 6.72. The van der Waals surface area contributed by atoms with Crippen LogP contribution in [-0.4, -0.2) is 9.55 Å². The van der Waals surface area contributed by atoms with E-state index in [0.29, 0.717) is 0 Å². The van der Waals surface area contributed by atoms with Crippen molar-refractivity contribution in [2.24, 2.45) is 5.92 Å². The topological polar surface area (TPSA) is 17.8 Å². The van der Waals surface area contributed by atoms with E-state index in [-0.39, 0.29) is 0 Å². The highest BCUT2D eigenvalue weighted by Crippen LogP contribution is 2.07. The van der Waals surface area contributed by atoms with Gasteiger partial charge in [-0.25, -0.2) is 4.98 Å². The van der Waals surface area contributed by atoms with Crippen LogP contribution >= 0.6 is 0 Å². The highest BCUT2D eigenvalue weighted by atomic mass is 15.0. The van der Waals surface area contributed by atoms with Gasteiger partial charge in [0.2, 0.25) is 0 Å². The maximum atomic E-state index is 4.40. The highest BCUT2D eigenvalue weighted by molar-refractivity contribution is 4.96. The van der Waals surface area contributed by atoms with Gasteiger partial charge in [0, 0.05) is 12.7 Å². The van der Waals surface area contributed by atoms with Crippen molar-refractivity contribution in [1.82, 2.24) is 9.55 Å². The molecule has 0 spiro atoms. The summed E-state index contributed by atoms with van der Waals surface area (Å²) in [6, 6.07) is 0. The predicted molar refractivity (Wildman–Crippen MR) is 60.3 cm³/mol. The Kier molecular flexibility index (Phi) is 4.71. The molecule has 1 aromatic rings. The zero-order valence-electron chi connectivity index (χ0n) is 9.66. The van der Waals surface area contributed by atoms with Crippen LogP contribution < -0.4 is 0 Å². The van der Waals surface area contributed by atoms with Gasteiger partial charge >= 0.3 is 0 Å².